The van der Waals surface area contributed by atoms with Crippen molar-refractivity contribution in [3.8, 4) is 0 Å². The van der Waals surface area contributed by atoms with Crippen molar-refractivity contribution in [2.45, 2.75) is 45.8 Å². The summed E-state index contributed by atoms with van der Waals surface area (Å²) in [6.45, 7) is 10.9. The van der Waals surface area contributed by atoms with E-state index in [-0.39, 0.29) is 0 Å². The van der Waals surface area contributed by atoms with Crippen LogP contribution in [0.15, 0.2) is 6.20 Å². The third-order valence-electron chi connectivity index (χ3n) is 4.75. The highest BCUT2D eigenvalue weighted by molar-refractivity contribution is 7.15. The summed E-state index contributed by atoms with van der Waals surface area (Å²) in [6.07, 6.45) is 6.38. The number of hydrogen-bond acceptors (Lipinski definition) is 5. The Morgan fingerprint density at radius 2 is 2.24 bits per heavy atom. The van der Waals surface area contributed by atoms with Gasteiger partial charge in [-0.15, -0.1) is 11.3 Å². The molecule has 1 aromatic rings. The minimum Gasteiger partial charge on any atom is -0.378 e. The monoisotopic (exact) mass is 309 g/mol. The molecule has 2 unspecified atom stereocenters. The number of anilines is 1. The fourth-order valence-corrected chi connectivity index (χ4v) is 4.62. The standard InChI is InChI=1S/C16H27N3OS/c1-3-19(4-2)16-17-10-14(21-16)12-18-8-7-15-13(11-18)6-5-9-20-15/h10,13,15H,3-9,11-12H2,1-2H3. The van der Waals surface area contributed by atoms with E-state index in [1.165, 1.54) is 42.4 Å². The van der Waals surface area contributed by atoms with Crippen LogP contribution in [0.3, 0.4) is 0 Å². The Kier molecular flexibility index (Phi) is 5.14. The molecule has 0 saturated carbocycles. The quantitative estimate of drug-likeness (QED) is 0.836. The summed E-state index contributed by atoms with van der Waals surface area (Å²) < 4.78 is 5.90. The minimum atomic E-state index is 0.530. The van der Waals surface area contributed by atoms with Crippen LogP contribution in [0.2, 0.25) is 0 Å². The van der Waals surface area contributed by atoms with Crippen molar-refractivity contribution in [1.82, 2.24) is 9.88 Å². The van der Waals surface area contributed by atoms with Gasteiger partial charge in [0.2, 0.25) is 0 Å². The number of piperidine rings is 1. The molecule has 0 spiro atoms. The van der Waals surface area contributed by atoms with Gasteiger partial charge in [-0.1, -0.05) is 0 Å². The number of aromatic nitrogens is 1. The van der Waals surface area contributed by atoms with Gasteiger partial charge in [0.25, 0.3) is 0 Å². The maximum Gasteiger partial charge on any atom is 0.185 e. The summed E-state index contributed by atoms with van der Waals surface area (Å²) in [5.74, 6) is 0.752. The Morgan fingerprint density at radius 3 is 3.05 bits per heavy atom. The van der Waals surface area contributed by atoms with E-state index in [4.69, 9.17) is 4.74 Å². The first-order chi connectivity index (χ1) is 10.3. The molecule has 0 amide bonds. The van der Waals surface area contributed by atoms with Crippen molar-refractivity contribution in [1.29, 1.82) is 0 Å². The van der Waals surface area contributed by atoms with Gasteiger partial charge < -0.3 is 9.64 Å². The lowest BCUT2D eigenvalue weighted by Crippen LogP contribution is -2.45. The van der Waals surface area contributed by atoms with Crippen LogP contribution in [-0.4, -0.2) is 48.8 Å². The molecule has 5 heteroatoms. The second-order valence-corrected chi connectivity index (χ2v) is 7.21. The van der Waals surface area contributed by atoms with Gasteiger partial charge in [0.1, 0.15) is 0 Å². The number of thiazole rings is 1. The summed E-state index contributed by atoms with van der Waals surface area (Å²) in [5.41, 5.74) is 0. The lowest BCUT2D eigenvalue weighted by atomic mass is 9.88. The van der Waals surface area contributed by atoms with Crippen molar-refractivity contribution in [2.75, 3.05) is 37.7 Å². The molecule has 0 bridgehead atoms. The van der Waals surface area contributed by atoms with Crippen LogP contribution in [-0.2, 0) is 11.3 Å². The number of fused-ring (bicyclic) bond motifs is 1. The average molecular weight is 309 g/mol. The first-order valence-corrected chi connectivity index (χ1v) is 9.15. The summed E-state index contributed by atoms with van der Waals surface area (Å²) in [6, 6.07) is 0. The second kappa shape index (κ2) is 7.07. The van der Waals surface area contributed by atoms with Gasteiger partial charge in [-0.2, -0.15) is 0 Å². The number of ether oxygens (including phenoxy) is 1. The molecule has 1 aromatic heterocycles. The molecule has 2 aliphatic heterocycles. The zero-order valence-corrected chi connectivity index (χ0v) is 14.1. The van der Waals surface area contributed by atoms with Crippen molar-refractivity contribution in [3.63, 3.8) is 0 Å². The Bertz CT molecular complexity index is 446. The molecule has 0 N–H and O–H groups in total. The zero-order valence-electron chi connectivity index (χ0n) is 13.3. The number of rotatable bonds is 5. The van der Waals surface area contributed by atoms with E-state index in [9.17, 15) is 0 Å². The molecule has 2 saturated heterocycles. The largest absolute Gasteiger partial charge is 0.378 e. The highest BCUT2D eigenvalue weighted by Crippen LogP contribution is 2.30. The fraction of sp³-hybridized carbons (Fsp3) is 0.812. The highest BCUT2D eigenvalue weighted by atomic mass is 32.1. The Balaban J connectivity index is 1.57. The summed E-state index contributed by atoms with van der Waals surface area (Å²) >= 11 is 1.86. The van der Waals surface area contributed by atoms with Crippen LogP contribution in [0, 0.1) is 5.92 Å². The van der Waals surface area contributed by atoms with E-state index in [1.807, 2.05) is 11.3 Å². The molecule has 2 atom stereocenters. The first-order valence-electron chi connectivity index (χ1n) is 8.33. The predicted molar refractivity (Wildman–Crippen MR) is 88.0 cm³/mol. The van der Waals surface area contributed by atoms with E-state index < -0.39 is 0 Å². The third kappa shape index (κ3) is 3.58. The Hall–Kier alpha value is -0.650. The van der Waals surface area contributed by atoms with Gasteiger partial charge in [0.15, 0.2) is 5.13 Å². The van der Waals surface area contributed by atoms with E-state index >= 15 is 0 Å². The van der Waals surface area contributed by atoms with E-state index in [1.54, 1.807) is 0 Å². The van der Waals surface area contributed by atoms with Crippen molar-refractivity contribution in [3.05, 3.63) is 11.1 Å². The van der Waals surface area contributed by atoms with Gasteiger partial charge in [-0.25, -0.2) is 4.98 Å². The van der Waals surface area contributed by atoms with Crippen LogP contribution in [0.1, 0.15) is 38.0 Å². The summed E-state index contributed by atoms with van der Waals surface area (Å²) in [5, 5.41) is 1.17. The molecular weight excluding hydrogens is 282 g/mol. The highest BCUT2D eigenvalue weighted by Gasteiger charge is 2.32. The van der Waals surface area contributed by atoms with E-state index in [2.05, 4.69) is 34.8 Å². The van der Waals surface area contributed by atoms with Gasteiger partial charge >= 0.3 is 0 Å². The van der Waals surface area contributed by atoms with Crippen molar-refractivity contribution in [2.24, 2.45) is 5.92 Å². The second-order valence-electron chi connectivity index (χ2n) is 6.12. The minimum absolute atomic E-state index is 0.530. The molecule has 118 valence electrons. The van der Waals surface area contributed by atoms with Crippen LogP contribution < -0.4 is 4.90 Å². The van der Waals surface area contributed by atoms with Crippen molar-refractivity contribution < 1.29 is 4.74 Å². The fourth-order valence-electron chi connectivity index (χ4n) is 3.54. The Labute approximate surface area is 132 Å². The van der Waals surface area contributed by atoms with Crippen LogP contribution >= 0.6 is 11.3 Å². The summed E-state index contributed by atoms with van der Waals surface area (Å²) in [4.78, 5) is 10.9. The van der Waals surface area contributed by atoms with Crippen LogP contribution in [0.4, 0.5) is 5.13 Å². The molecule has 21 heavy (non-hydrogen) atoms. The lowest BCUT2D eigenvalue weighted by molar-refractivity contribution is -0.0674. The molecule has 2 fully saturated rings. The molecule has 3 heterocycles. The molecule has 0 radical (unpaired) electrons. The van der Waals surface area contributed by atoms with Gasteiger partial charge in [-0.3, -0.25) is 4.90 Å². The molecule has 3 rings (SSSR count). The maximum absolute atomic E-state index is 5.90. The molecule has 2 aliphatic rings. The van der Waals surface area contributed by atoms with E-state index in [0.29, 0.717) is 6.10 Å². The summed E-state index contributed by atoms with van der Waals surface area (Å²) in [7, 11) is 0. The smallest absolute Gasteiger partial charge is 0.185 e. The number of hydrogen-bond donors (Lipinski definition) is 0. The average Bonchev–Trinajstić information content (AvgIpc) is 2.97. The number of nitrogens with zero attached hydrogens (tertiary/aromatic N) is 3. The zero-order chi connectivity index (χ0) is 14.7. The maximum atomic E-state index is 5.90. The van der Waals surface area contributed by atoms with Crippen LogP contribution in [0.5, 0.6) is 0 Å². The van der Waals surface area contributed by atoms with Crippen LogP contribution in [0.25, 0.3) is 0 Å². The van der Waals surface area contributed by atoms with Gasteiger partial charge in [0, 0.05) is 50.4 Å². The molecule has 4 nitrogen and oxygen atoms in total. The third-order valence-corrected chi connectivity index (χ3v) is 5.80. The predicted octanol–water partition coefficient (Wildman–Crippen LogP) is 2.99. The lowest BCUT2D eigenvalue weighted by Gasteiger charge is -2.40. The first kappa shape index (κ1) is 15.3. The number of likely N-dealkylation sites (tertiary alicyclic amines) is 1. The van der Waals surface area contributed by atoms with Gasteiger partial charge in [0.05, 0.1) is 6.10 Å². The van der Waals surface area contributed by atoms with Crippen molar-refractivity contribution >= 4 is 16.5 Å². The Morgan fingerprint density at radius 1 is 1.38 bits per heavy atom. The topological polar surface area (TPSA) is 28.6 Å². The SMILES string of the molecule is CCN(CC)c1ncc(CN2CCC3OCCCC3C2)s1. The normalized spacial score (nSPS) is 26.6. The molecule has 0 aromatic carbocycles. The molecular formula is C16H27N3OS. The van der Waals surface area contributed by atoms with E-state index in [0.717, 1.165) is 32.2 Å². The molecule has 0 aliphatic carbocycles. The van der Waals surface area contributed by atoms with Gasteiger partial charge in [-0.05, 0) is 39.0 Å².